The van der Waals surface area contributed by atoms with Crippen LogP contribution in [0.1, 0.15) is 6.92 Å². The van der Waals surface area contributed by atoms with Crippen molar-refractivity contribution in [2.45, 2.75) is 13.2 Å². The van der Waals surface area contributed by atoms with Crippen molar-refractivity contribution >= 4 is 15.6 Å². The van der Waals surface area contributed by atoms with E-state index >= 15 is 0 Å². The van der Waals surface area contributed by atoms with Crippen molar-refractivity contribution < 1.29 is 32.6 Å². The van der Waals surface area contributed by atoms with Crippen LogP contribution < -0.4 is 5.73 Å². The predicted molar refractivity (Wildman–Crippen MR) is 37.7 cm³/mol. The van der Waals surface area contributed by atoms with Crippen LogP contribution in [0.25, 0.3) is 0 Å². The van der Waals surface area contributed by atoms with Gasteiger partial charge in [-0.25, -0.2) is 9.13 Å². The molecule has 0 aliphatic rings. The highest BCUT2D eigenvalue weighted by molar-refractivity contribution is 7.60. The largest absolute Gasteiger partial charge is 0.482 e. The summed E-state index contributed by atoms with van der Waals surface area (Å²) in [6.07, 6.45) is -1.16. The summed E-state index contributed by atoms with van der Waals surface area (Å²) in [5.74, 6) is 0. The molecule has 0 heterocycles. The topological polar surface area (TPSA) is 139 Å². The van der Waals surface area contributed by atoms with Gasteiger partial charge in [-0.2, -0.15) is 4.31 Å². The molecular formula is C2H9NO7P2. The third-order valence-corrected chi connectivity index (χ3v) is 2.78. The van der Waals surface area contributed by atoms with Gasteiger partial charge < -0.3 is 20.4 Å². The maximum Gasteiger partial charge on any atom is 0.482 e. The molecule has 8 nitrogen and oxygen atoms in total. The predicted octanol–water partition coefficient (Wildman–Crippen LogP) is -0.483. The van der Waals surface area contributed by atoms with Crippen LogP contribution in [0.5, 0.6) is 0 Å². The van der Waals surface area contributed by atoms with Crippen molar-refractivity contribution in [1.82, 2.24) is 0 Å². The highest BCUT2D eigenvalue weighted by atomic mass is 31.3. The van der Waals surface area contributed by atoms with E-state index in [-0.39, 0.29) is 0 Å². The van der Waals surface area contributed by atoms with E-state index in [0.717, 1.165) is 0 Å². The molecule has 0 aromatic rings. The number of phosphoric ester groups is 1. The fraction of sp³-hybridized carbons (Fsp3) is 1.00. The summed E-state index contributed by atoms with van der Waals surface area (Å²) in [4.78, 5) is 24.8. The molecule has 0 amide bonds. The van der Waals surface area contributed by atoms with Crippen molar-refractivity contribution in [2.75, 3.05) is 0 Å². The van der Waals surface area contributed by atoms with E-state index in [1.165, 1.54) is 6.92 Å². The summed E-state index contributed by atoms with van der Waals surface area (Å²) >= 11 is 0. The van der Waals surface area contributed by atoms with E-state index in [2.05, 4.69) is 8.83 Å². The smallest absolute Gasteiger partial charge is 0.306 e. The van der Waals surface area contributed by atoms with Gasteiger partial charge in [0.2, 0.25) is 0 Å². The molecule has 0 rings (SSSR count). The second-order valence-electron chi connectivity index (χ2n) is 1.85. The molecule has 0 aromatic carbocycles. The SMILES string of the molecule is CC(N)OP(=O)(O)OP(=O)(O)O. The Hall–Kier alpha value is 0.220. The molecule has 0 fully saturated rings. The van der Waals surface area contributed by atoms with Crippen molar-refractivity contribution in [3.8, 4) is 0 Å². The Morgan fingerprint density at radius 1 is 1.33 bits per heavy atom. The molecule has 0 saturated heterocycles. The van der Waals surface area contributed by atoms with Gasteiger partial charge in [-0.3, -0.25) is 4.52 Å². The first-order valence-corrected chi connectivity index (χ1v) is 5.68. The fourth-order valence-corrected chi connectivity index (χ4v) is 2.01. The first-order chi connectivity index (χ1) is 5.12. The number of nitrogens with two attached hydrogens (primary N) is 1. The highest BCUT2D eigenvalue weighted by Gasteiger charge is 2.33. The Labute approximate surface area is 68.2 Å². The van der Waals surface area contributed by atoms with Crippen molar-refractivity contribution in [1.29, 1.82) is 0 Å². The maximum atomic E-state index is 10.6. The maximum absolute atomic E-state index is 10.6. The molecule has 0 radical (unpaired) electrons. The molecule has 2 unspecified atom stereocenters. The van der Waals surface area contributed by atoms with Gasteiger partial charge in [0, 0.05) is 0 Å². The van der Waals surface area contributed by atoms with Crippen LogP contribution in [0.2, 0.25) is 0 Å². The normalized spacial score (nSPS) is 20.1. The Kier molecular flexibility index (Phi) is 4.02. The lowest BCUT2D eigenvalue weighted by molar-refractivity contribution is 0.140. The van der Waals surface area contributed by atoms with E-state index in [1.54, 1.807) is 0 Å². The quantitative estimate of drug-likeness (QED) is 0.368. The second-order valence-corrected chi connectivity index (χ2v) is 4.63. The number of hydrogen-bond acceptors (Lipinski definition) is 5. The van der Waals surface area contributed by atoms with E-state index in [4.69, 9.17) is 20.4 Å². The molecule has 12 heavy (non-hydrogen) atoms. The second kappa shape index (κ2) is 3.95. The van der Waals surface area contributed by atoms with E-state index < -0.39 is 21.9 Å². The van der Waals surface area contributed by atoms with Crippen molar-refractivity contribution in [2.24, 2.45) is 5.73 Å². The Morgan fingerprint density at radius 3 is 2.00 bits per heavy atom. The van der Waals surface area contributed by atoms with Gasteiger partial charge in [-0.15, -0.1) is 0 Å². The van der Waals surface area contributed by atoms with Gasteiger partial charge in [-0.1, -0.05) is 0 Å². The number of phosphoric acid groups is 2. The lowest BCUT2D eigenvalue weighted by atomic mass is 10.7. The van der Waals surface area contributed by atoms with Gasteiger partial charge >= 0.3 is 15.6 Å². The third-order valence-electron chi connectivity index (χ3n) is 0.509. The monoisotopic (exact) mass is 221 g/mol. The summed E-state index contributed by atoms with van der Waals surface area (Å²) < 4.78 is 28.0. The van der Waals surface area contributed by atoms with Crippen LogP contribution in [0.3, 0.4) is 0 Å². The summed E-state index contributed by atoms with van der Waals surface area (Å²) in [5.41, 5.74) is 4.91. The summed E-state index contributed by atoms with van der Waals surface area (Å²) in [6.45, 7) is 1.20. The van der Waals surface area contributed by atoms with Crippen molar-refractivity contribution in [3.05, 3.63) is 0 Å². The van der Waals surface area contributed by atoms with Crippen LogP contribution >= 0.6 is 15.6 Å². The average molecular weight is 221 g/mol. The minimum atomic E-state index is -5.04. The van der Waals surface area contributed by atoms with Gasteiger partial charge in [-0.05, 0) is 6.92 Å². The van der Waals surface area contributed by atoms with E-state index in [9.17, 15) is 9.13 Å². The zero-order chi connectivity index (χ0) is 9.99. The van der Waals surface area contributed by atoms with Crippen molar-refractivity contribution in [3.63, 3.8) is 0 Å². The molecule has 5 N–H and O–H groups in total. The first kappa shape index (κ1) is 12.2. The molecule has 0 aliphatic heterocycles. The van der Waals surface area contributed by atoms with Crippen LogP contribution in [-0.2, 0) is 18.0 Å². The van der Waals surface area contributed by atoms with Crippen LogP contribution in [0, 0.1) is 0 Å². The molecule has 0 aromatic heterocycles. The highest BCUT2D eigenvalue weighted by Crippen LogP contribution is 2.57. The molecular weight excluding hydrogens is 212 g/mol. The molecule has 10 heteroatoms. The Balaban J connectivity index is 4.25. The average Bonchev–Trinajstić information content (AvgIpc) is 1.48. The zero-order valence-electron chi connectivity index (χ0n) is 6.02. The third kappa shape index (κ3) is 6.90. The number of rotatable bonds is 4. The van der Waals surface area contributed by atoms with Gasteiger partial charge in [0.05, 0.1) is 0 Å². The summed E-state index contributed by atoms with van der Waals surface area (Å²) in [7, 11) is -9.80. The summed E-state index contributed by atoms with van der Waals surface area (Å²) in [6, 6.07) is 0. The number of hydrogen-bond donors (Lipinski definition) is 4. The van der Waals surface area contributed by atoms with Crippen LogP contribution in [0.15, 0.2) is 0 Å². The molecule has 2 atom stereocenters. The minimum absolute atomic E-state index is 1.16. The molecule has 0 aliphatic carbocycles. The van der Waals surface area contributed by atoms with Crippen LogP contribution in [-0.4, -0.2) is 20.9 Å². The standard InChI is InChI=1S/C2H9NO7P2/c1-2(3)9-12(7,8)10-11(4,5)6/h2H,3H2,1H3,(H,7,8)(H2,4,5,6). The van der Waals surface area contributed by atoms with Gasteiger partial charge in [0.1, 0.15) is 6.23 Å². The van der Waals surface area contributed by atoms with Crippen LogP contribution in [0.4, 0.5) is 0 Å². The van der Waals surface area contributed by atoms with Gasteiger partial charge in [0.25, 0.3) is 0 Å². The molecule has 0 saturated carbocycles. The van der Waals surface area contributed by atoms with Gasteiger partial charge in [0.15, 0.2) is 0 Å². The lowest BCUT2D eigenvalue weighted by Gasteiger charge is -2.13. The molecule has 0 bridgehead atoms. The fourth-order valence-electron chi connectivity index (χ4n) is 0.364. The first-order valence-electron chi connectivity index (χ1n) is 2.66. The molecule has 0 spiro atoms. The lowest BCUT2D eigenvalue weighted by Crippen LogP contribution is -2.17. The Bertz CT molecular complexity index is 232. The molecule has 74 valence electrons. The Morgan fingerprint density at radius 2 is 1.75 bits per heavy atom. The van der Waals surface area contributed by atoms with E-state index in [1.807, 2.05) is 0 Å². The zero-order valence-corrected chi connectivity index (χ0v) is 7.81. The minimum Gasteiger partial charge on any atom is -0.306 e. The summed E-state index contributed by atoms with van der Waals surface area (Å²) in [5, 5.41) is 0. The van der Waals surface area contributed by atoms with E-state index in [0.29, 0.717) is 0 Å².